The van der Waals surface area contributed by atoms with Gasteiger partial charge < -0.3 is 25.0 Å². The number of nitrogens with zero attached hydrogens (tertiary/aromatic N) is 5. The quantitative estimate of drug-likeness (QED) is 0.0564. The fourth-order valence-corrected chi connectivity index (χ4v) is 12.9. The number of nitro groups is 1. The fourth-order valence-electron chi connectivity index (χ4n) is 11.9. The fraction of sp³-hybridized carbons (Fsp3) is 0.439. The number of amides is 1. The van der Waals surface area contributed by atoms with Crippen LogP contribution in [-0.4, -0.2) is 95.0 Å². The molecule has 2 aliphatic carbocycles. The number of piperidine rings is 1. The Hall–Kier alpha value is -6.33. The maximum absolute atomic E-state index is 14.1. The maximum atomic E-state index is 14.1. The number of nitro benzene ring substituents is 1. The topological polar surface area (TPSA) is 186 Å². The Kier molecular flexibility index (Phi) is 14.1. The van der Waals surface area contributed by atoms with Crippen LogP contribution in [0, 0.1) is 28.4 Å². The van der Waals surface area contributed by atoms with Crippen LogP contribution in [0.1, 0.15) is 117 Å². The first-order valence-electron chi connectivity index (χ1n) is 25.9. The van der Waals surface area contributed by atoms with Crippen molar-refractivity contribution >= 4 is 44.0 Å². The average Bonchev–Trinajstić information content (AvgIpc) is 3.84. The number of benzene rings is 4. The number of anilines is 2. The molecule has 2 saturated heterocycles. The molecule has 384 valence electrons. The van der Waals surface area contributed by atoms with E-state index in [0.29, 0.717) is 48.8 Å². The van der Waals surface area contributed by atoms with E-state index in [0.717, 1.165) is 94.9 Å². The van der Waals surface area contributed by atoms with Gasteiger partial charge in [-0.2, -0.15) is 0 Å². The van der Waals surface area contributed by atoms with E-state index in [1.807, 2.05) is 19.1 Å². The van der Waals surface area contributed by atoms with Gasteiger partial charge in [0.05, 0.1) is 27.2 Å². The molecule has 4 N–H and O–H groups in total. The number of aliphatic hydroxyl groups is 1. The minimum atomic E-state index is -4.58. The summed E-state index contributed by atoms with van der Waals surface area (Å²) < 4.78 is 36.3. The Bertz CT molecular complexity index is 3080. The van der Waals surface area contributed by atoms with Crippen molar-refractivity contribution < 1.29 is 28.0 Å². The summed E-state index contributed by atoms with van der Waals surface area (Å²) in [7, 11) is -4.58. The highest BCUT2D eigenvalue weighted by Gasteiger charge is 2.50. The number of carbonyl (C=O) groups is 1. The van der Waals surface area contributed by atoms with Gasteiger partial charge in [0.1, 0.15) is 22.8 Å². The summed E-state index contributed by atoms with van der Waals surface area (Å²) in [5.74, 6) is 0.198. The summed E-state index contributed by atoms with van der Waals surface area (Å²) in [6, 6.07) is 31.2. The van der Waals surface area contributed by atoms with E-state index in [-0.39, 0.29) is 28.3 Å². The summed E-state index contributed by atoms with van der Waals surface area (Å²) >= 11 is 0. The highest BCUT2D eigenvalue weighted by atomic mass is 32.2. The van der Waals surface area contributed by atoms with Gasteiger partial charge in [-0.05, 0) is 136 Å². The molecule has 4 aromatic carbocycles. The monoisotopic (exact) mass is 1010 g/mol. The van der Waals surface area contributed by atoms with Crippen molar-refractivity contribution in [3.63, 3.8) is 0 Å². The molecule has 2 saturated carbocycles. The van der Waals surface area contributed by atoms with Crippen molar-refractivity contribution in [3.8, 4) is 11.5 Å². The number of fused-ring (bicyclic) bond motifs is 1. The Morgan fingerprint density at radius 1 is 0.945 bits per heavy atom. The lowest BCUT2D eigenvalue weighted by atomic mass is 9.59. The Labute approximate surface area is 428 Å². The van der Waals surface area contributed by atoms with Crippen LogP contribution in [0.2, 0.25) is 0 Å². The van der Waals surface area contributed by atoms with Gasteiger partial charge >= 0.3 is 0 Å². The second kappa shape index (κ2) is 20.5. The Morgan fingerprint density at radius 3 is 2.44 bits per heavy atom. The molecule has 0 bridgehead atoms. The third-order valence-electron chi connectivity index (χ3n) is 16.3. The number of ether oxygens (including phenoxy) is 1. The van der Waals surface area contributed by atoms with E-state index in [2.05, 4.69) is 104 Å². The molecular formula is C57H68N8O7S. The molecule has 1 spiro atoms. The third kappa shape index (κ3) is 11.1. The molecule has 2 aliphatic heterocycles. The molecule has 0 radical (unpaired) electrons. The number of hydrogen-bond donors (Lipinski definition) is 4. The first kappa shape index (κ1) is 50.2. The van der Waals surface area contributed by atoms with Gasteiger partial charge in [-0.25, -0.2) is 18.1 Å². The van der Waals surface area contributed by atoms with Gasteiger partial charge in [0.2, 0.25) is 0 Å². The summed E-state index contributed by atoms with van der Waals surface area (Å²) in [6.45, 7) is 14.6. The van der Waals surface area contributed by atoms with Crippen LogP contribution in [-0.2, 0) is 16.6 Å². The summed E-state index contributed by atoms with van der Waals surface area (Å²) in [5.41, 5.74) is 6.29. The molecular weight excluding hydrogens is 941 g/mol. The Morgan fingerprint density at radius 2 is 1.70 bits per heavy atom. The molecule has 6 aromatic rings. The van der Waals surface area contributed by atoms with Gasteiger partial charge in [-0.15, -0.1) is 0 Å². The van der Waals surface area contributed by atoms with Gasteiger partial charge in [0, 0.05) is 87.3 Å². The minimum absolute atomic E-state index is 0.0244. The second-order valence-electron chi connectivity index (χ2n) is 21.9. The predicted molar refractivity (Wildman–Crippen MR) is 285 cm³/mol. The first-order chi connectivity index (χ1) is 35.0. The molecule has 4 aliphatic rings. The number of aryl methyl sites for hydroxylation is 1. The lowest BCUT2D eigenvalue weighted by molar-refractivity contribution is -0.384. The number of aromatic nitrogens is 2. The number of rotatable bonds is 15. The van der Waals surface area contributed by atoms with Crippen molar-refractivity contribution in [2.45, 2.75) is 114 Å². The van der Waals surface area contributed by atoms with Crippen molar-refractivity contribution in [1.29, 1.82) is 0 Å². The van der Waals surface area contributed by atoms with Gasteiger partial charge in [0.25, 0.3) is 21.6 Å². The average molecular weight is 1010 g/mol. The second-order valence-corrected chi connectivity index (χ2v) is 23.6. The number of hydrogen-bond acceptors (Lipinski definition) is 12. The normalized spacial score (nSPS) is 21.8. The molecule has 15 nitrogen and oxygen atoms in total. The standard InChI is InChI=1S/C57H68N8O7S/c1-38(2)47-7-5-6-8-48(47)52-37-62(36-41-11-9-39(3)10-12-41)27-28-64(52)44-32-57(33-44)22-25-63(26-23-57)43-13-15-49(53(30-43)72-45-29-42-19-24-58-54(42)60-35-45)55(66)61-73(70,71)46-14-16-50(51(31-46)65(68)69)59-34-40-17-20-56(4,67)21-18-40/h5-16,19,24,29-31,35,38,40,44,52,59,67H,17-18,20-23,25-28,32-34,36-37H2,1-4H3,(H,58,60)(H,61,66)/t40-,52?,56-. The molecule has 2 aromatic heterocycles. The van der Waals surface area contributed by atoms with Gasteiger partial charge in [-0.3, -0.25) is 24.7 Å². The summed E-state index contributed by atoms with van der Waals surface area (Å²) in [5, 5.41) is 26.5. The van der Waals surface area contributed by atoms with E-state index in [4.69, 9.17) is 4.74 Å². The number of piperazine rings is 1. The van der Waals surface area contributed by atoms with Crippen molar-refractivity contribution in [3.05, 3.63) is 147 Å². The highest BCUT2D eigenvalue weighted by molar-refractivity contribution is 7.90. The third-order valence-corrected chi connectivity index (χ3v) is 17.6. The van der Waals surface area contributed by atoms with Gasteiger partial charge in [0.15, 0.2) is 0 Å². The largest absolute Gasteiger partial charge is 0.455 e. The predicted octanol–water partition coefficient (Wildman–Crippen LogP) is 10.5. The lowest BCUT2D eigenvalue weighted by Gasteiger charge is -2.58. The number of carbonyl (C=O) groups excluding carboxylic acids is 1. The number of H-pyrrole nitrogens is 1. The van der Waals surface area contributed by atoms with Crippen molar-refractivity contribution in [1.82, 2.24) is 24.5 Å². The maximum Gasteiger partial charge on any atom is 0.293 e. The van der Waals surface area contributed by atoms with Crippen LogP contribution in [0.25, 0.3) is 11.0 Å². The molecule has 1 unspecified atom stereocenters. The molecule has 4 heterocycles. The molecule has 1 amide bonds. The summed E-state index contributed by atoms with van der Waals surface area (Å²) in [6.07, 6.45) is 10.5. The highest BCUT2D eigenvalue weighted by Crippen LogP contribution is 2.53. The molecule has 73 heavy (non-hydrogen) atoms. The summed E-state index contributed by atoms with van der Waals surface area (Å²) in [4.78, 5) is 40.6. The smallest absolute Gasteiger partial charge is 0.293 e. The number of nitrogens with one attached hydrogen (secondary N) is 3. The van der Waals surface area contributed by atoms with Crippen LogP contribution in [0.3, 0.4) is 0 Å². The number of sulfonamides is 1. The van der Waals surface area contributed by atoms with Crippen LogP contribution in [0.4, 0.5) is 17.1 Å². The van der Waals surface area contributed by atoms with E-state index >= 15 is 0 Å². The van der Waals surface area contributed by atoms with Crippen LogP contribution in [0.5, 0.6) is 11.5 Å². The molecule has 4 fully saturated rings. The van der Waals surface area contributed by atoms with Crippen LogP contribution in [0.15, 0.2) is 114 Å². The van der Waals surface area contributed by atoms with Gasteiger partial charge in [-0.1, -0.05) is 67.9 Å². The number of aromatic amines is 1. The Balaban J connectivity index is 0.832. The first-order valence-corrected chi connectivity index (χ1v) is 27.4. The number of pyridine rings is 1. The van der Waals surface area contributed by atoms with E-state index < -0.39 is 37.0 Å². The molecule has 10 rings (SSSR count). The van der Waals surface area contributed by atoms with E-state index in [1.165, 1.54) is 34.4 Å². The SMILES string of the molecule is Cc1ccc(CN2CCN(C3CC4(CCN(c5ccc(C(=O)NS(=O)(=O)c6ccc(NC[C@H]7CC[C@](C)(O)CC7)c([N+](=O)[O-])c6)c(Oc6cnc7[nH]ccc7c6)c5)CC4)C3)C(c3ccccc3C(C)C)C2)cc1. The van der Waals surface area contributed by atoms with Crippen LogP contribution >= 0.6 is 0 Å². The zero-order valence-electron chi connectivity index (χ0n) is 42.3. The van der Waals surface area contributed by atoms with Crippen molar-refractivity contribution in [2.75, 3.05) is 49.5 Å². The van der Waals surface area contributed by atoms with E-state index in [9.17, 15) is 28.4 Å². The zero-order chi connectivity index (χ0) is 51.1. The van der Waals surface area contributed by atoms with E-state index in [1.54, 1.807) is 30.6 Å². The minimum Gasteiger partial charge on any atom is -0.455 e. The van der Waals surface area contributed by atoms with Crippen molar-refractivity contribution in [2.24, 2.45) is 11.3 Å². The lowest BCUT2D eigenvalue weighted by Crippen LogP contribution is -2.60. The van der Waals surface area contributed by atoms with Crippen LogP contribution < -0.4 is 19.7 Å². The molecule has 1 atom stereocenters. The molecule has 16 heteroatoms. The zero-order valence-corrected chi connectivity index (χ0v) is 43.2.